The van der Waals surface area contributed by atoms with Gasteiger partial charge in [0.05, 0.1) is 19.3 Å². The fourth-order valence-electron chi connectivity index (χ4n) is 3.16. The van der Waals surface area contributed by atoms with E-state index in [0.29, 0.717) is 18.7 Å². The molecule has 6 heteroatoms. The molecule has 0 bridgehead atoms. The van der Waals surface area contributed by atoms with Crippen LogP contribution in [0.4, 0.5) is 5.69 Å². The molecule has 1 aromatic carbocycles. The van der Waals surface area contributed by atoms with Crippen LogP contribution in [0.1, 0.15) is 28.5 Å². The van der Waals surface area contributed by atoms with E-state index in [-0.39, 0.29) is 11.9 Å². The van der Waals surface area contributed by atoms with Gasteiger partial charge in [0.15, 0.2) is 0 Å². The normalized spacial score (nSPS) is 19.8. The first kappa shape index (κ1) is 17.2. The molecule has 1 aromatic heterocycles. The van der Waals surface area contributed by atoms with Crippen LogP contribution in [0.5, 0.6) is 5.75 Å². The number of β-amino-alcohol motifs (C(OH)–C–C–N with tert-alkyl or cyclic N) is 1. The van der Waals surface area contributed by atoms with Crippen molar-refractivity contribution in [1.82, 2.24) is 9.88 Å². The Bertz CT molecular complexity index is 763. The van der Waals surface area contributed by atoms with E-state index in [1.807, 2.05) is 49.3 Å². The molecule has 0 radical (unpaired) electrons. The van der Waals surface area contributed by atoms with Crippen LogP contribution in [0.3, 0.4) is 0 Å². The van der Waals surface area contributed by atoms with Crippen LogP contribution in [0.15, 0.2) is 42.6 Å². The van der Waals surface area contributed by atoms with Crippen molar-refractivity contribution in [1.29, 1.82) is 0 Å². The Kier molecular flexibility index (Phi) is 4.90. The fraction of sp³-hybridized carbons (Fsp3) is 0.368. The van der Waals surface area contributed by atoms with E-state index < -0.39 is 6.10 Å². The van der Waals surface area contributed by atoms with Gasteiger partial charge in [-0.05, 0) is 36.2 Å². The summed E-state index contributed by atoms with van der Waals surface area (Å²) in [5.74, 6) is 0.562. The molecule has 0 spiro atoms. The number of aliphatic hydroxyl groups is 1. The largest absolute Gasteiger partial charge is 0.497 e. The molecule has 25 heavy (non-hydrogen) atoms. The molecule has 1 saturated heterocycles. The number of benzene rings is 1. The first-order chi connectivity index (χ1) is 12.0. The van der Waals surface area contributed by atoms with Crippen LogP contribution in [0.2, 0.25) is 0 Å². The maximum atomic E-state index is 13.0. The predicted molar refractivity (Wildman–Crippen MR) is 96.0 cm³/mol. The number of rotatable bonds is 4. The van der Waals surface area contributed by atoms with E-state index in [1.165, 1.54) is 0 Å². The highest BCUT2D eigenvalue weighted by Gasteiger charge is 2.36. The molecule has 6 nitrogen and oxygen atoms in total. The molecule has 1 fully saturated rings. The molecular formula is C19H23N3O3. The summed E-state index contributed by atoms with van der Waals surface area (Å²) in [5.41, 5.74) is 2.25. The highest BCUT2D eigenvalue weighted by atomic mass is 16.5. The van der Waals surface area contributed by atoms with Gasteiger partial charge in [-0.25, -0.2) is 0 Å². The monoisotopic (exact) mass is 341 g/mol. The zero-order chi connectivity index (χ0) is 18.0. The van der Waals surface area contributed by atoms with Crippen LogP contribution in [0, 0.1) is 0 Å². The lowest BCUT2D eigenvalue weighted by atomic mass is 10.0. The Morgan fingerprint density at radius 1 is 1.32 bits per heavy atom. The fourth-order valence-corrected chi connectivity index (χ4v) is 3.16. The highest BCUT2D eigenvalue weighted by Crippen LogP contribution is 2.34. The molecule has 1 aliphatic rings. The molecule has 2 atom stereocenters. The SMILES string of the molecule is COc1cccc([C@@H]2C[C@@H](O)CN2C(=O)c2cc(N(C)C)ccn2)c1. The van der Waals surface area contributed by atoms with E-state index in [1.54, 1.807) is 24.3 Å². The topological polar surface area (TPSA) is 65.9 Å². The Balaban J connectivity index is 1.91. The minimum atomic E-state index is -0.544. The number of pyridine rings is 1. The molecular weight excluding hydrogens is 318 g/mol. The molecule has 3 rings (SSSR count). The van der Waals surface area contributed by atoms with Crippen molar-refractivity contribution in [3.8, 4) is 5.75 Å². The number of nitrogens with zero attached hydrogens (tertiary/aromatic N) is 3. The molecule has 0 aliphatic carbocycles. The van der Waals surface area contributed by atoms with Gasteiger partial charge >= 0.3 is 0 Å². The molecule has 0 unspecified atom stereocenters. The summed E-state index contributed by atoms with van der Waals surface area (Å²) in [7, 11) is 5.45. The summed E-state index contributed by atoms with van der Waals surface area (Å²) in [6, 6.07) is 11.1. The standard InChI is InChI=1S/C19H23N3O3/c1-21(2)14-7-8-20-17(10-14)19(24)22-12-15(23)11-18(22)13-5-4-6-16(9-13)25-3/h4-10,15,18,23H,11-12H2,1-3H3/t15-,18+/m1/s1. The summed E-state index contributed by atoms with van der Waals surface area (Å²) in [5, 5.41) is 10.1. The van der Waals surface area contributed by atoms with Crippen molar-refractivity contribution in [2.75, 3.05) is 32.6 Å². The zero-order valence-electron chi connectivity index (χ0n) is 14.7. The summed E-state index contributed by atoms with van der Waals surface area (Å²) in [4.78, 5) is 20.9. The summed E-state index contributed by atoms with van der Waals surface area (Å²) in [6.45, 7) is 0.300. The van der Waals surface area contributed by atoms with Crippen LogP contribution < -0.4 is 9.64 Å². The van der Waals surface area contributed by atoms with Gasteiger partial charge in [0.25, 0.3) is 5.91 Å². The van der Waals surface area contributed by atoms with Gasteiger partial charge in [-0.15, -0.1) is 0 Å². The van der Waals surface area contributed by atoms with Gasteiger partial charge in [0, 0.05) is 32.5 Å². The Labute approximate surface area is 147 Å². The van der Waals surface area contributed by atoms with Gasteiger partial charge in [-0.2, -0.15) is 0 Å². The third kappa shape index (κ3) is 3.58. The van der Waals surface area contributed by atoms with Crippen LogP contribution in [-0.4, -0.2) is 54.8 Å². The minimum Gasteiger partial charge on any atom is -0.497 e. The van der Waals surface area contributed by atoms with Gasteiger partial charge in [-0.3, -0.25) is 9.78 Å². The number of carbonyl (C=O) groups is 1. The van der Waals surface area contributed by atoms with Gasteiger partial charge in [0.2, 0.25) is 0 Å². The van der Waals surface area contributed by atoms with E-state index in [4.69, 9.17) is 4.74 Å². The number of hydrogen-bond donors (Lipinski definition) is 1. The highest BCUT2D eigenvalue weighted by molar-refractivity contribution is 5.93. The predicted octanol–water partition coefficient (Wildman–Crippen LogP) is 2.10. The van der Waals surface area contributed by atoms with Crippen molar-refractivity contribution in [2.24, 2.45) is 0 Å². The Morgan fingerprint density at radius 2 is 2.12 bits per heavy atom. The molecule has 2 aromatic rings. The van der Waals surface area contributed by atoms with Gasteiger partial charge in [0.1, 0.15) is 11.4 Å². The van der Waals surface area contributed by atoms with E-state index in [0.717, 1.165) is 17.0 Å². The van der Waals surface area contributed by atoms with Crippen molar-refractivity contribution in [3.05, 3.63) is 53.9 Å². The molecule has 1 N–H and O–H groups in total. The first-order valence-corrected chi connectivity index (χ1v) is 8.26. The maximum Gasteiger partial charge on any atom is 0.273 e. The van der Waals surface area contributed by atoms with Gasteiger partial charge in [-0.1, -0.05) is 12.1 Å². The first-order valence-electron chi connectivity index (χ1n) is 8.26. The van der Waals surface area contributed by atoms with E-state index in [2.05, 4.69) is 4.98 Å². The van der Waals surface area contributed by atoms with Crippen molar-refractivity contribution in [3.63, 3.8) is 0 Å². The van der Waals surface area contributed by atoms with Crippen molar-refractivity contribution < 1.29 is 14.6 Å². The third-order valence-corrected chi connectivity index (χ3v) is 4.50. The quantitative estimate of drug-likeness (QED) is 0.923. The van der Waals surface area contributed by atoms with Crippen molar-refractivity contribution >= 4 is 11.6 Å². The van der Waals surface area contributed by atoms with Crippen molar-refractivity contribution in [2.45, 2.75) is 18.6 Å². The average molecular weight is 341 g/mol. The summed E-state index contributed by atoms with van der Waals surface area (Å²) in [6.07, 6.45) is 1.60. The Morgan fingerprint density at radius 3 is 2.84 bits per heavy atom. The number of aliphatic hydroxyl groups excluding tert-OH is 1. The number of likely N-dealkylation sites (tertiary alicyclic amines) is 1. The number of aromatic nitrogens is 1. The smallest absolute Gasteiger partial charge is 0.273 e. The average Bonchev–Trinajstić information content (AvgIpc) is 3.03. The number of hydrogen-bond acceptors (Lipinski definition) is 5. The second kappa shape index (κ2) is 7.11. The molecule has 0 saturated carbocycles. The maximum absolute atomic E-state index is 13.0. The number of amides is 1. The van der Waals surface area contributed by atoms with E-state index in [9.17, 15) is 9.90 Å². The number of methoxy groups -OCH3 is 1. The lowest BCUT2D eigenvalue weighted by Gasteiger charge is -2.25. The molecule has 1 amide bonds. The van der Waals surface area contributed by atoms with Crippen LogP contribution >= 0.6 is 0 Å². The molecule has 132 valence electrons. The van der Waals surface area contributed by atoms with Crippen LogP contribution in [-0.2, 0) is 0 Å². The minimum absolute atomic E-state index is 0.173. The Hall–Kier alpha value is -2.60. The second-order valence-corrected chi connectivity index (χ2v) is 6.43. The van der Waals surface area contributed by atoms with E-state index >= 15 is 0 Å². The molecule has 1 aliphatic heterocycles. The number of ether oxygens (including phenoxy) is 1. The lowest BCUT2D eigenvalue weighted by Crippen LogP contribution is -2.32. The van der Waals surface area contributed by atoms with Crippen LogP contribution in [0.25, 0.3) is 0 Å². The lowest BCUT2D eigenvalue weighted by molar-refractivity contribution is 0.0710. The third-order valence-electron chi connectivity index (χ3n) is 4.50. The summed E-state index contributed by atoms with van der Waals surface area (Å²) < 4.78 is 5.28. The van der Waals surface area contributed by atoms with Gasteiger partial charge < -0.3 is 19.6 Å². The summed E-state index contributed by atoms with van der Waals surface area (Å²) >= 11 is 0. The number of carbonyl (C=O) groups excluding carboxylic acids is 1. The zero-order valence-corrected chi connectivity index (χ0v) is 14.7. The number of anilines is 1. The molecule has 2 heterocycles. The second-order valence-electron chi connectivity index (χ2n) is 6.43.